The highest BCUT2D eigenvalue weighted by Gasteiger charge is 2.11. The van der Waals surface area contributed by atoms with E-state index in [0.717, 1.165) is 6.42 Å². The molecule has 2 aliphatic carbocycles. The molecule has 0 saturated heterocycles. The zero-order chi connectivity index (χ0) is 7.68. The maximum absolute atomic E-state index is 2.26. The van der Waals surface area contributed by atoms with Gasteiger partial charge in [0, 0.05) is 5.92 Å². The second kappa shape index (κ2) is 2.54. The summed E-state index contributed by atoms with van der Waals surface area (Å²) in [7, 11) is 0. The summed E-state index contributed by atoms with van der Waals surface area (Å²) in [6.45, 7) is 2.13. The van der Waals surface area contributed by atoms with E-state index in [1.807, 2.05) is 0 Å². The normalized spacial score (nSPS) is 22.6. The van der Waals surface area contributed by atoms with E-state index < -0.39 is 0 Å². The van der Waals surface area contributed by atoms with Crippen molar-refractivity contribution in [1.82, 2.24) is 0 Å². The molecule has 0 heterocycles. The van der Waals surface area contributed by atoms with Gasteiger partial charge in [0.1, 0.15) is 0 Å². The number of allylic oxidation sites excluding steroid dienone is 8. The van der Waals surface area contributed by atoms with E-state index in [9.17, 15) is 0 Å². The molecule has 0 fully saturated rings. The molecule has 0 aromatic rings. The molecule has 0 bridgehead atoms. The molecule has 0 spiro atoms. The first kappa shape index (κ1) is 6.66. The third-order valence-electron chi connectivity index (χ3n) is 2.01. The van der Waals surface area contributed by atoms with Crippen LogP contribution in [0.4, 0.5) is 0 Å². The summed E-state index contributed by atoms with van der Waals surface area (Å²) in [4.78, 5) is 0. The van der Waals surface area contributed by atoms with Gasteiger partial charge in [-0.05, 0) is 18.9 Å². The average Bonchev–Trinajstić information content (AvgIpc) is 2.04. The van der Waals surface area contributed by atoms with E-state index in [4.69, 9.17) is 0 Å². The fraction of sp³-hybridized carbons (Fsp3) is 0.182. The lowest BCUT2D eigenvalue weighted by atomic mass is 9.88. The molecule has 0 aromatic carbocycles. The number of hydrogen-bond acceptors (Lipinski definition) is 0. The second-order valence-corrected chi connectivity index (χ2v) is 2.97. The third kappa shape index (κ3) is 1.21. The van der Waals surface area contributed by atoms with Gasteiger partial charge in [-0.1, -0.05) is 42.0 Å². The monoisotopic (exact) mass is 143 g/mol. The predicted octanol–water partition coefficient (Wildman–Crippen LogP) is 2.96. The maximum atomic E-state index is 2.26. The Bertz CT molecular complexity index is 274. The van der Waals surface area contributed by atoms with E-state index in [1.54, 1.807) is 0 Å². The van der Waals surface area contributed by atoms with Gasteiger partial charge in [0.05, 0.1) is 0 Å². The first-order valence-corrected chi connectivity index (χ1v) is 3.97. The van der Waals surface area contributed by atoms with Gasteiger partial charge < -0.3 is 0 Å². The van der Waals surface area contributed by atoms with Gasteiger partial charge in [0.2, 0.25) is 0 Å². The number of fused-ring (bicyclic) bond motifs is 1. The zero-order valence-electron chi connectivity index (χ0n) is 6.67. The largest absolute Gasteiger partial charge is 0.0835 e. The molecule has 0 nitrogen and oxygen atoms in total. The van der Waals surface area contributed by atoms with Crippen molar-refractivity contribution >= 4 is 0 Å². The Kier molecular flexibility index (Phi) is 1.54. The van der Waals surface area contributed by atoms with Gasteiger partial charge in [-0.3, -0.25) is 0 Å². The van der Waals surface area contributed by atoms with Crippen molar-refractivity contribution in [2.75, 3.05) is 0 Å². The Morgan fingerprint density at radius 2 is 2.09 bits per heavy atom. The molecule has 0 saturated carbocycles. The second-order valence-electron chi connectivity index (χ2n) is 2.97. The van der Waals surface area contributed by atoms with E-state index >= 15 is 0 Å². The lowest BCUT2D eigenvalue weighted by molar-refractivity contribution is 1.20. The van der Waals surface area contributed by atoms with Crippen LogP contribution in [0.5, 0.6) is 0 Å². The molecule has 11 heavy (non-hydrogen) atoms. The summed E-state index contributed by atoms with van der Waals surface area (Å²) in [6, 6.07) is 0. The Labute approximate surface area is 67.6 Å². The van der Waals surface area contributed by atoms with Gasteiger partial charge in [0.25, 0.3) is 0 Å². The van der Waals surface area contributed by atoms with Crippen LogP contribution in [0.25, 0.3) is 0 Å². The smallest absolute Gasteiger partial charge is 0.0481 e. The Hall–Kier alpha value is -1.04. The summed E-state index contributed by atoms with van der Waals surface area (Å²) in [6.07, 6.45) is 14.3. The van der Waals surface area contributed by atoms with E-state index in [0.29, 0.717) is 0 Å². The van der Waals surface area contributed by atoms with Crippen molar-refractivity contribution in [3.8, 4) is 0 Å². The van der Waals surface area contributed by atoms with Crippen LogP contribution in [0.1, 0.15) is 13.3 Å². The quantitative estimate of drug-likeness (QED) is 0.489. The van der Waals surface area contributed by atoms with Crippen LogP contribution in [0.3, 0.4) is 0 Å². The van der Waals surface area contributed by atoms with Crippen molar-refractivity contribution in [2.45, 2.75) is 13.3 Å². The van der Waals surface area contributed by atoms with Gasteiger partial charge in [-0.25, -0.2) is 0 Å². The van der Waals surface area contributed by atoms with Gasteiger partial charge in [-0.2, -0.15) is 0 Å². The lowest BCUT2D eigenvalue weighted by Crippen LogP contribution is -2.00. The van der Waals surface area contributed by atoms with E-state index in [1.165, 1.54) is 17.1 Å². The van der Waals surface area contributed by atoms with Crippen LogP contribution < -0.4 is 0 Å². The molecule has 0 heteroatoms. The van der Waals surface area contributed by atoms with Crippen LogP contribution in [-0.2, 0) is 0 Å². The summed E-state index contributed by atoms with van der Waals surface area (Å²) < 4.78 is 0. The Morgan fingerprint density at radius 3 is 3.00 bits per heavy atom. The molecule has 2 aliphatic rings. The number of rotatable bonds is 0. The third-order valence-corrected chi connectivity index (χ3v) is 2.01. The fourth-order valence-corrected chi connectivity index (χ4v) is 1.41. The average molecular weight is 143 g/mol. The van der Waals surface area contributed by atoms with Crippen molar-refractivity contribution in [1.29, 1.82) is 0 Å². The van der Waals surface area contributed by atoms with Crippen LogP contribution in [-0.4, -0.2) is 0 Å². The summed E-state index contributed by atoms with van der Waals surface area (Å²) in [5, 5.41) is 0. The molecule has 0 unspecified atom stereocenters. The van der Waals surface area contributed by atoms with Gasteiger partial charge in [0.15, 0.2) is 0 Å². The molecule has 0 aromatic heterocycles. The first-order chi connectivity index (χ1) is 5.36. The molecule has 1 radical (unpaired) electrons. The minimum absolute atomic E-state index is 1.08. The highest BCUT2D eigenvalue weighted by Crippen LogP contribution is 2.28. The molecule has 55 valence electrons. The Balaban J connectivity index is 2.33. The molecular formula is C11H11. The van der Waals surface area contributed by atoms with Crippen molar-refractivity contribution in [3.63, 3.8) is 0 Å². The summed E-state index contributed by atoms with van der Waals surface area (Å²) in [5.41, 5.74) is 2.71. The first-order valence-electron chi connectivity index (χ1n) is 3.97. The standard InChI is InChI=1S/C11H11/c1-9-6-7-10-4-2-3-5-11(10)8-9/h3-8H,2H2,1H3. The molecule has 2 rings (SSSR count). The molecule has 0 aliphatic heterocycles. The Morgan fingerprint density at radius 1 is 1.18 bits per heavy atom. The minimum atomic E-state index is 1.08. The highest BCUT2D eigenvalue weighted by molar-refractivity contribution is 5.55. The van der Waals surface area contributed by atoms with E-state index in [2.05, 4.69) is 43.4 Å². The summed E-state index contributed by atoms with van der Waals surface area (Å²) >= 11 is 0. The molecule has 0 N–H and O–H groups in total. The van der Waals surface area contributed by atoms with Gasteiger partial charge in [-0.15, -0.1) is 0 Å². The number of hydrogen-bond donors (Lipinski definition) is 0. The van der Waals surface area contributed by atoms with Crippen LogP contribution >= 0.6 is 0 Å². The topological polar surface area (TPSA) is 0 Å². The summed E-state index contributed by atoms with van der Waals surface area (Å²) in [5.74, 6) is 1.36. The molecular weight excluding hydrogens is 132 g/mol. The zero-order valence-corrected chi connectivity index (χ0v) is 6.67. The van der Waals surface area contributed by atoms with Crippen molar-refractivity contribution in [2.24, 2.45) is 0 Å². The van der Waals surface area contributed by atoms with Crippen molar-refractivity contribution < 1.29 is 0 Å². The minimum Gasteiger partial charge on any atom is -0.0835 e. The maximum Gasteiger partial charge on any atom is 0.0481 e. The molecule has 0 atom stereocenters. The lowest BCUT2D eigenvalue weighted by Gasteiger charge is -2.16. The van der Waals surface area contributed by atoms with Crippen LogP contribution in [0.15, 0.2) is 47.6 Å². The van der Waals surface area contributed by atoms with Crippen LogP contribution in [0, 0.1) is 5.92 Å². The van der Waals surface area contributed by atoms with Crippen molar-refractivity contribution in [3.05, 3.63) is 53.5 Å². The predicted molar refractivity (Wildman–Crippen MR) is 48.0 cm³/mol. The van der Waals surface area contributed by atoms with E-state index in [-0.39, 0.29) is 0 Å². The SMILES string of the molecule is CC1=C[C]2C=CCC=C2C=C1. The van der Waals surface area contributed by atoms with Crippen LogP contribution in [0.2, 0.25) is 0 Å². The highest BCUT2D eigenvalue weighted by atomic mass is 14.2. The van der Waals surface area contributed by atoms with Gasteiger partial charge >= 0.3 is 0 Å². The molecule has 0 amide bonds. The fourth-order valence-electron chi connectivity index (χ4n) is 1.41.